The monoisotopic (exact) mass is 180 g/mol. The molecule has 0 radical (unpaired) electrons. The summed E-state index contributed by atoms with van der Waals surface area (Å²) < 4.78 is 4.57. The van der Waals surface area contributed by atoms with Crippen molar-refractivity contribution in [1.82, 2.24) is 4.98 Å². The second-order valence-corrected chi connectivity index (χ2v) is 2.91. The highest BCUT2D eigenvalue weighted by molar-refractivity contribution is 5.81. The number of hydrogen-bond donors (Lipinski definition) is 1. The Balaban J connectivity index is 3.00. The number of aromatic nitrogens is 1. The highest BCUT2D eigenvalue weighted by Gasteiger charge is 2.32. The van der Waals surface area contributed by atoms with Crippen LogP contribution in [0.5, 0.6) is 0 Å². The average molecular weight is 180 g/mol. The summed E-state index contributed by atoms with van der Waals surface area (Å²) in [7, 11) is 1.30. The van der Waals surface area contributed by atoms with Crippen molar-refractivity contribution in [3.8, 4) is 0 Å². The lowest BCUT2D eigenvalue weighted by molar-refractivity contribution is -0.146. The zero-order valence-corrected chi connectivity index (χ0v) is 7.65. The first kappa shape index (κ1) is 9.67. The van der Waals surface area contributed by atoms with E-state index in [9.17, 15) is 4.79 Å². The van der Waals surface area contributed by atoms with Crippen LogP contribution in [-0.2, 0) is 15.1 Å². The Hall–Kier alpha value is -1.42. The number of rotatable bonds is 2. The number of nitrogens with zero attached hydrogens (tertiary/aromatic N) is 1. The lowest BCUT2D eigenvalue weighted by atomic mass is 9.99. The van der Waals surface area contributed by atoms with Gasteiger partial charge in [-0.15, -0.1) is 0 Å². The van der Waals surface area contributed by atoms with Crippen molar-refractivity contribution in [2.75, 3.05) is 7.11 Å². The molecule has 0 aliphatic rings. The van der Waals surface area contributed by atoms with Gasteiger partial charge in [-0.1, -0.05) is 6.07 Å². The summed E-state index contributed by atoms with van der Waals surface area (Å²) in [4.78, 5) is 15.2. The maximum atomic E-state index is 11.2. The van der Waals surface area contributed by atoms with Crippen LogP contribution < -0.4 is 5.73 Å². The Morgan fingerprint density at radius 1 is 1.62 bits per heavy atom. The molecule has 0 saturated carbocycles. The maximum Gasteiger partial charge on any atom is 0.331 e. The maximum absolute atomic E-state index is 11.2. The first-order chi connectivity index (χ1) is 6.09. The summed E-state index contributed by atoms with van der Waals surface area (Å²) in [6.45, 7) is 1.57. The van der Waals surface area contributed by atoms with Crippen molar-refractivity contribution in [2.45, 2.75) is 12.5 Å². The van der Waals surface area contributed by atoms with E-state index in [-0.39, 0.29) is 0 Å². The number of carbonyl (C=O) groups is 1. The smallest absolute Gasteiger partial charge is 0.331 e. The van der Waals surface area contributed by atoms with Gasteiger partial charge < -0.3 is 10.5 Å². The largest absolute Gasteiger partial charge is 0.467 e. The molecule has 0 fully saturated rings. The lowest BCUT2D eigenvalue weighted by Crippen LogP contribution is -2.43. The van der Waals surface area contributed by atoms with Gasteiger partial charge in [-0.25, -0.2) is 4.79 Å². The zero-order chi connectivity index (χ0) is 9.90. The van der Waals surface area contributed by atoms with E-state index >= 15 is 0 Å². The third-order valence-electron chi connectivity index (χ3n) is 1.81. The van der Waals surface area contributed by atoms with E-state index in [1.165, 1.54) is 7.11 Å². The molecule has 0 unspecified atom stereocenters. The molecule has 1 rings (SSSR count). The molecule has 1 aromatic heterocycles. The van der Waals surface area contributed by atoms with Gasteiger partial charge in [-0.05, 0) is 19.1 Å². The number of carbonyl (C=O) groups excluding carboxylic acids is 1. The summed E-state index contributed by atoms with van der Waals surface area (Å²) >= 11 is 0. The topological polar surface area (TPSA) is 65.2 Å². The van der Waals surface area contributed by atoms with Crippen molar-refractivity contribution in [1.29, 1.82) is 0 Å². The van der Waals surface area contributed by atoms with Crippen molar-refractivity contribution in [3.05, 3.63) is 30.1 Å². The molecule has 1 atom stereocenters. The summed E-state index contributed by atoms with van der Waals surface area (Å²) in [6, 6.07) is 5.23. The van der Waals surface area contributed by atoms with E-state index in [2.05, 4.69) is 9.72 Å². The fraction of sp³-hybridized carbons (Fsp3) is 0.333. The van der Waals surface area contributed by atoms with Gasteiger partial charge in [0, 0.05) is 6.20 Å². The third kappa shape index (κ3) is 1.84. The van der Waals surface area contributed by atoms with Gasteiger partial charge in [0.2, 0.25) is 0 Å². The van der Waals surface area contributed by atoms with Crippen LogP contribution in [0.15, 0.2) is 24.4 Å². The number of nitrogens with two attached hydrogens (primary N) is 1. The fourth-order valence-electron chi connectivity index (χ4n) is 0.987. The van der Waals surface area contributed by atoms with Crippen LogP contribution in [0.25, 0.3) is 0 Å². The van der Waals surface area contributed by atoms with Gasteiger partial charge in [0.25, 0.3) is 0 Å². The summed E-state index contributed by atoms with van der Waals surface area (Å²) in [5, 5.41) is 0. The minimum atomic E-state index is -1.17. The molecule has 2 N–H and O–H groups in total. The summed E-state index contributed by atoms with van der Waals surface area (Å²) in [6.07, 6.45) is 1.59. The van der Waals surface area contributed by atoms with Gasteiger partial charge in [0.15, 0.2) is 5.54 Å². The lowest BCUT2D eigenvalue weighted by Gasteiger charge is -2.20. The predicted octanol–water partition coefficient (Wildman–Crippen LogP) is 0.428. The molecule has 0 saturated heterocycles. The Morgan fingerprint density at radius 3 is 2.77 bits per heavy atom. The van der Waals surface area contributed by atoms with Crippen LogP contribution in [0.2, 0.25) is 0 Å². The number of methoxy groups -OCH3 is 1. The molecule has 0 aromatic carbocycles. The second-order valence-electron chi connectivity index (χ2n) is 2.91. The molecule has 0 amide bonds. The van der Waals surface area contributed by atoms with E-state index in [1.807, 2.05) is 0 Å². The molecule has 0 aliphatic heterocycles. The molecule has 0 bridgehead atoms. The first-order valence-corrected chi connectivity index (χ1v) is 3.88. The van der Waals surface area contributed by atoms with Gasteiger partial charge >= 0.3 is 5.97 Å². The molecule has 4 heteroatoms. The molecule has 70 valence electrons. The zero-order valence-electron chi connectivity index (χ0n) is 7.65. The van der Waals surface area contributed by atoms with Crippen molar-refractivity contribution < 1.29 is 9.53 Å². The Bertz CT molecular complexity index is 296. The highest BCUT2D eigenvalue weighted by atomic mass is 16.5. The van der Waals surface area contributed by atoms with Gasteiger partial charge in [-0.2, -0.15) is 0 Å². The third-order valence-corrected chi connectivity index (χ3v) is 1.81. The van der Waals surface area contributed by atoms with Crippen molar-refractivity contribution in [3.63, 3.8) is 0 Å². The molecule has 1 heterocycles. The van der Waals surface area contributed by atoms with E-state index < -0.39 is 11.5 Å². The summed E-state index contributed by atoms with van der Waals surface area (Å²) in [5.41, 5.74) is 5.09. The quantitative estimate of drug-likeness (QED) is 0.670. The van der Waals surface area contributed by atoms with Crippen LogP contribution in [0, 0.1) is 0 Å². The van der Waals surface area contributed by atoms with Gasteiger partial charge in [0.1, 0.15) is 0 Å². The predicted molar refractivity (Wildman–Crippen MR) is 47.8 cm³/mol. The van der Waals surface area contributed by atoms with Crippen LogP contribution in [0.4, 0.5) is 0 Å². The molecule has 4 nitrogen and oxygen atoms in total. The van der Waals surface area contributed by atoms with Crippen LogP contribution >= 0.6 is 0 Å². The van der Waals surface area contributed by atoms with Crippen LogP contribution in [0.3, 0.4) is 0 Å². The average Bonchev–Trinajstić information content (AvgIpc) is 2.18. The number of pyridine rings is 1. The normalized spacial score (nSPS) is 14.7. The van der Waals surface area contributed by atoms with E-state index in [4.69, 9.17) is 5.73 Å². The van der Waals surface area contributed by atoms with Crippen LogP contribution in [0.1, 0.15) is 12.6 Å². The number of esters is 1. The minimum Gasteiger partial charge on any atom is -0.467 e. The number of ether oxygens (including phenoxy) is 1. The molecule has 13 heavy (non-hydrogen) atoms. The molecule has 1 aromatic rings. The Morgan fingerprint density at radius 2 is 2.31 bits per heavy atom. The molecular weight excluding hydrogens is 168 g/mol. The second kappa shape index (κ2) is 3.53. The van der Waals surface area contributed by atoms with E-state index in [0.29, 0.717) is 5.69 Å². The minimum absolute atomic E-state index is 0.494. The van der Waals surface area contributed by atoms with Crippen molar-refractivity contribution in [2.24, 2.45) is 5.73 Å². The Kier molecular flexibility index (Phi) is 2.63. The first-order valence-electron chi connectivity index (χ1n) is 3.88. The molecular formula is C9H12N2O2. The summed E-state index contributed by atoms with van der Waals surface area (Å²) in [5.74, 6) is -0.494. The van der Waals surface area contributed by atoms with E-state index in [0.717, 1.165) is 0 Å². The fourth-order valence-corrected chi connectivity index (χ4v) is 0.987. The highest BCUT2D eigenvalue weighted by Crippen LogP contribution is 2.15. The van der Waals surface area contributed by atoms with Gasteiger partial charge in [-0.3, -0.25) is 4.98 Å². The van der Waals surface area contributed by atoms with Crippen molar-refractivity contribution >= 4 is 5.97 Å². The Labute approximate surface area is 76.7 Å². The van der Waals surface area contributed by atoms with Gasteiger partial charge in [0.05, 0.1) is 12.8 Å². The SMILES string of the molecule is COC(=O)[C@](C)(N)c1ccccn1. The standard InChI is InChI=1S/C9H12N2O2/c1-9(10,8(12)13-2)7-5-3-4-6-11-7/h3-6H,10H2,1-2H3/t9-/m1/s1. The van der Waals surface area contributed by atoms with Crippen LogP contribution in [-0.4, -0.2) is 18.1 Å². The van der Waals surface area contributed by atoms with E-state index in [1.54, 1.807) is 31.3 Å². The number of hydrogen-bond acceptors (Lipinski definition) is 4. The molecule has 0 aliphatic carbocycles. The molecule has 0 spiro atoms.